The molecule has 0 radical (unpaired) electrons. The second-order valence-electron chi connectivity index (χ2n) is 5.57. The minimum Gasteiger partial charge on any atom is -0.461 e. The molecule has 0 bridgehead atoms. The summed E-state index contributed by atoms with van der Waals surface area (Å²) >= 11 is 0. The second-order valence-corrected chi connectivity index (χ2v) is 5.57. The molecule has 4 aromatic heterocycles. The third kappa shape index (κ3) is 1.69. The monoisotopic (exact) mass is 303 g/mol. The number of furan rings is 1. The Morgan fingerprint density at radius 3 is 2.91 bits per heavy atom. The van der Waals surface area contributed by atoms with Crippen molar-refractivity contribution in [2.24, 2.45) is 7.05 Å². The molecule has 0 saturated carbocycles. The van der Waals surface area contributed by atoms with Crippen LogP contribution in [0, 0.1) is 0 Å². The third-order valence-corrected chi connectivity index (χ3v) is 4.09. The van der Waals surface area contributed by atoms with E-state index in [0.717, 1.165) is 38.9 Å². The number of aromatic nitrogens is 5. The first-order valence-corrected chi connectivity index (χ1v) is 7.30. The molecule has 23 heavy (non-hydrogen) atoms. The zero-order valence-electron chi connectivity index (χ0n) is 12.4. The maximum Gasteiger partial charge on any atom is 0.160 e. The first-order valence-electron chi connectivity index (χ1n) is 7.30. The summed E-state index contributed by atoms with van der Waals surface area (Å²) in [6, 6.07) is 6.13. The first kappa shape index (κ1) is 12.3. The van der Waals surface area contributed by atoms with Crippen molar-refractivity contribution >= 4 is 22.0 Å². The quantitative estimate of drug-likeness (QED) is 0.543. The van der Waals surface area contributed by atoms with Gasteiger partial charge in [-0.2, -0.15) is 0 Å². The molecule has 0 amide bonds. The lowest BCUT2D eigenvalue weighted by Crippen LogP contribution is -1.90. The van der Waals surface area contributed by atoms with Crippen LogP contribution >= 0.6 is 0 Å². The Labute approximate surface area is 131 Å². The highest BCUT2D eigenvalue weighted by Gasteiger charge is 2.17. The van der Waals surface area contributed by atoms with Crippen molar-refractivity contribution in [3.63, 3.8) is 0 Å². The molecule has 0 aliphatic carbocycles. The highest BCUT2D eigenvalue weighted by Crippen LogP contribution is 2.36. The Hall–Kier alpha value is -3.28. The van der Waals surface area contributed by atoms with E-state index in [0.29, 0.717) is 0 Å². The van der Waals surface area contributed by atoms with E-state index in [9.17, 15) is 0 Å². The molecule has 0 unspecified atom stereocenters. The van der Waals surface area contributed by atoms with Gasteiger partial charge in [0, 0.05) is 31.0 Å². The number of fused-ring (bicyclic) bond motifs is 3. The van der Waals surface area contributed by atoms with Crippen LogP contribution in [0.5, 0.6) is 0 Å². The van der Waals surface area contributed by atoms with E-state index in [-0.39, 0.29) is 0 Å². The number of H-pyrrole nitrogens is 1. The smallest absolute Gasteiger partial charge is 0.160 e. The van der Waals surface area contributed by atoms with Gasteiger partial charge in [0.15, 0.2) is 5.58 Å². The fourth-order valence-electron chi connectivity index (χ4n) is 3.02. The lowest BCUT2D eigenvalue weighted by atomic mass is 10.2. The number of aromatic amines is 1. The summed E-state index contributed by atoms with van der Waals surface area (Å²) in [6.07, 6.45) is 11.0. The van der Waals surface area contributed by atoms with E-state index in [2.05, 4.69) is 27.1 Å². The molecular formula is C17H13N5O. The van der Waals surface area contributed by atoms with Gasteiger partial charge in [-0.3, -0.25) is 0 Å². The number of nitrogens with one attached hydrogen (secondary N) is 1. The number of nitrogens with zero attached hydrogens (tertiary/aromatic N) is 4. The summed E-state index contributed by atoms with van der Waals surface area (Å²) in [7, 11) is 1.95. The molecule has 4 heterocycles. The fraction of sp³-hybridized carbons (Fsp3) is 0.0588. The van der Waals surface area contributed by atoms with Crippen molar-refractivity contribution in [2.45, 2.75) is 0 Å². The van der Waals surface area contributed by atoms with Crippen LogP contribution in [0.25, 0.3) is 38.9 Å². The van der Waals surface area contributed by atoms with E-state index in [4.69, 9.17) is 4.42 Å². The lowest BCUT2D eigenvalue weighted by Gasteiger charge is -2.03. The predicted octanol–water partition coefficient (Wildman–Crippen LogP) is 3.50. The van der Waals surface area contributed by atoms with Crippen LogP contribution in [0.3, 0.4) is 0 Å². The van der Waals surface area contributed by atoms with Gasteiger partial charge in [0.05, 0.1) is 40.6 Å². The number of aryl methyl sites for hydroxylation is 1. The average Bonchev–Trinajstić information content (AvgIpc) is 3.31. The SMILES string of the molecule is Cn1cnc(-c2coc3c2[nH]c2c(-n4ccnc4)cccc23)c1. The van der Waals surface area contributed by atoms with Crippen molar-refractivity contribution in [3.8, 4) is 16.9 Å². The summed E-state index contributed by atoms with van der Waals surface area (Å²) in [4.78, 5) is 12.0. The molecule has 0 saturated heterocycles. The largest absolute Gasteiger partial charge is 0.461 e. The van der Waals surface area contributed by atoms with Gasteiger partial charge >= 0.3 is 0 Å². The molecule has 5 aromatic rings. The molecule has 0 aliphatic rings. The Morgan fingerprint density at radius 1 is 1.17 bits per heavy atom. The van der Waals surface area contributed by atoms with E-state index in [1.165, 1.54) is 0 Å². The van der Waals surface area contributed by atoms with Crippen LogP contribution in [0.2, 0.25) is 0 Å². The highest BCUT2D eigenvalue weighted by atomic mass is 16.3. The van der Waals surface area contributed by atoms with Gasteiger partial charge < -0.3 is 18.5 Å². The van der Waals surface area contributed by atoms with E-state index in [1.54, 1.807) is 25.1 Å². The number of rotatable bonds is 2. The number of hydrogen-bond acceptors (Lipinski definition) is 3. The maximum atomic E-state index is 5.83. The van der Waals surface area contributed by atoms with E-state index in [1.807, 2.05) is 34.6 Å². The van der Waals surface area contributed by atoms with Crippen molar-refractivity contribution in [2.75, 3.05) is 0 Å². The average molecular weight is 303 g/mol. The molecule has 0 spiro atoms. The van der Waals surface area contributed by atoms with Crippen molar-refractivity contribution < 1.29 is 4.42 Å². The molecule has 0 aliphatic heterocycles. The van der Waals surface area contributed by atoms with Crippen LogP contribution in [-0.4, -0.2) is 24.1 Å². The Kier molecular flexibility index (Phi) is 2.33. The zero-order valence-corrected chi connectivity index (χ0v) is 12.4. The van der Waals surface area contributed by atoms with Gasteiger partial charge in [-0.1, -0.05) is 6.07 Å². The lowest BCUT2D eigenvalue weighted by molar-refractivity contribution is 0.620. The van der Waals surface area contributed by atoms with E-state index >= 15 is 0 Å². The van der Waals surface area contributed by atoms with Gasteiger partial charge in [-0.25, -0.2) is 9.97 Å². The minimum absolute atomic E-state index is 0.850. The molecule has 6 nitrogen and oxygen atoms in total. The molecule has 5 rings (SSSR count). The standard InChI is InChI=1S/C17H13N5O/c1-21-7-13(19-10-21)12-8-23-17-11-3-2-4-14(15(11)20-16(12)17)22-6-5-18-9-22/h2-10,20H,1H3. The number of imidazole rings is 2. The summed E-state index contributed by atoms with van der Waals surface area (Å²) < 4.78 is 9.74. The van der Waals surface area contributed by atoms with Gasteiger partial charge in [0.1, 0.15) is 6.26 Å². The molecule has 0 atom stereocenters. The van der Waals surface area contributed by atoms with Crippen LogP contribution in [0.15, 0.2) is 60.1 Å². The first-order chi connectivity index (χ1) is 11.3. The molecule has 112 valence electrons. The fourth-order valence-corrected chi connectivity index (χ4v) is 3.02. The maximum absolute atomic E-state index is 5.83. The van der Waals surface area contributed by atoms with Gasteiger partial charge in [0.25, 0.3) is 0 Å². The molecule has 6 heteroatoms. The summed E-state index contributed by atoms with van der Waals surface area (Å²) in [5.74, 6) is 0. The van der Waals surface area contributed by atoms with Crippen molar-refractivity contribution in [1.29, 1.82) is 0 Å². The Morgan fingerprint density at radius 2 is 2.13 bits per heavy atom. The Bertz CT molecular complexity index is 1130. The Balaban J connectivity index is 1.83. The number of hydrogen-bond donors (Lipinski definition) is 1. The summed E-state index contributed by atoms with van der Waals surface area (Å²) in [5.41, 5.74) is 5.74. The van der Waals surface area contributed by atoms with Crippen molar-refractivity contribution in [3.05, 3.63) is 55.7 Å². The van der Waals surface area contributed by atoms with Crippen LogP contribution in [-0.2, 0) is 7.05 Å². The van der Waals surface area contributed by atoms with Gasteiger partial charge in [0.2, 0.25) is 0 Å². The van der Waals surface area contributed by atoms with Crippen molar-refractivity contribution in [1.82, 2.24) is 24.1 Å². The van der Waals surface area contributed by atoms with Crippen LogP contribution < -0.4 is 0 Å². The minimum atomic E-state index is 0.850. The molecular weight excluding hydrogens is 290 g/mol. The second kappa shape index (κ2) is 4.36. The zero-order chi connectivity index (χ0) is 15.4. The summed E-state index contributed by atoms with van der Waals surface area (Å²) in [5, 5.41) is 1.05. The van der Waals surface area contributed by atoms with Gasteiger partial charge in [-0.05, 0) is 12.1 Å². The van der Waals surface area contributed by atoms with Gasteiger partial charge in [-0.15, -0.1) is 0 Å². The number of para-hydroxylation sites is 1. The highest BCUT2D eigenvalue weighted by molar-refractivity contribution is 6.10. The number of benzene rings is 1. The van der Waals surface area contributed by atoms with Crippen LogP contribution in [0.1, 0.15) is 0 Å². The third-order valence-electron chi connectivity index (χ3n) is 4.09. The van der Waals surface area contributed by atoms with Crippen LogP contribution in [0.4, 0.5) is 0 Å². The topological polar surface area (TPSA) is 64.6 Å². The normalized spacial score (nSPS) is 11.7. The molecule has 0 fully saturated rings. The predicted molar refractivity (Wildman–Crippen MR) is 87.4 cm³/mol. The summed E-state index contributed by atoms with van der Waals surface area (Å²) in [6.45, 7) is 0. The van der Waals surface area contributed by atoms with E-state index < -0.39 is 0 Å². The molecule has 1 N–H and O–H groups in total. The molecule has 1 aromatic carbocycles.